The summed E-state index contributed by atoms with van der Waals surface area (Å²) in [7, 11) is 0. The van der Waals surface area contributed by atoms with Crippen LogP contribution in [0.2, 0.25) is 10.0 Å². The molecule has 3 fully saturated rings. The van der Waals surface area contributed by atoms with E-state index in [-0.39, 0.29) is 11.9 Å². The van der Waals surface area contributed by atoms with Crippen LogP contribution < -0.4 is 10.2 Å². The normalized spacial score (nSPS) is 26.3. The van der Waals surface area contributed by atoms with Gasteiger partial charge in [0, 0.05) is 41.1 Å². The van der Waals surface area contributed by atoms with Crippen LogP contribution >= 0.6 is 23.2 Å². The molecule has 1 aromatic heterocycles. The third-order valence-corrected chi connectivity index (χ3v) is 9.74. The molecular weight excluding hydrogens is 552 g/mol. The van der Waals surface area contributed by atoms with E-state index in [0.29, 0.717) is 50.6 Å². The number of likely N-dealkylation sites (tertiary alicyclic amines) is 1. The van der Waals surface area contributed by atoms with E-state index < -0.39 is 11.4 Å². The Kier molecular flexibility index (Phi) is 7.30. The molecule has 2 aromatic carbocycles. The first-order chi connectivity index (χ1) is 19.1. The molecule has 212 valence electrons. The van der Waals surface area contributed by atoms with Crippen molar-refractivity contribution < 1.29 is 14.3 Å². The monoisotopic (exact) mass is 585 g/mol. The van der Waals surface area contributed by atoms with E-state index in [2.05, 4.69) is 15.1 Å². The zero-order valence-corrected chi connectivity index (χ0v) is 24.2. The average molecular weight is 587 g/mol. The van der Waals surface area contributed by atoms with E-state index in [0.717, 1.165) is 51.0 Å². The van der Waals surface area contributed by atoms with Crippen LogP contribution in [0.4, 0.5) is 16.2 Å². The Morgan fingerprint density at radius 1 is 1.12 bits per heavy atom. The summed E-state index contributed by atoms with van der Waals surface area (Å²) in [5.74, 6) is 1.31. The number of rotatable bonds is 7. The number of carboxylic acids is 1. The molecule has 0 amide bonds. The third kappa shape index (κ3) is 5.21. The van der Waals surface area contributed by atoms with Gasteiger partial charge in [-0.15, -0.1) is 0 Å². The Morgan fingerprint density at radius 2 is 1.90 bits per heavy atom. The predicted molar refractivity (Wildman–Crippen MR) is 157 cm³/mol. The lowest BCUT2D eigenvalue weighted by Crippen LogP contribution is -2.58. The fourth-order valence-corrected chi connectivity index (χ4v) is 7.19. The molecule has 7 nitrogen and oxygen atoms in total. The SMILES string of the molecule is C[C@@H](Nc1nc(N2CC([C@H]3CCCN(C4CC(C)(C(=O)O)C4)C3)C2)nc2ccc(F)cc12)c1ccc(Cl)cc1Cl. The maximum atomic E-state index is 14.2. The third-order valence-electron chi connectivity index (χ3n) is 9.18. The number of nitrogens with zero attached hydrogens (tertiary/aromatic N) is 4. The molecule has 2 N–H and O–H groups in total. The molecule has 1 saturated carbocycles. The van der Waals surface area contributed by atoms with Gasteiger partial charge in [-0.25, -0.2) is 9.37 Å². The molecule has 2 atom stereocenters. The Bertz CT molecular complexity index is 1440. The van der Waals surface area contributed by atoms with Gasteiger partial charge in [-0.05, 0) is 93.8 Å². The second-order valence-corrected chi connectivity index (χ2v) is 12.9. The highest BCUT2D eigenvalue weighted by molar-refractivity contribution is 6.35. The van der Waals surface area contributed by atoms with E-state index in [1.54, 1.807) is 18.2 Å². The van der Waals surface area contributed by atoms with Crippen molar-refractivity contribution in [3.8, 4) is 0 Å². The highest BCUT2D eigenvalue weighted by Gasteiger charge is 2.49. The number of nitrogens with one attached hydrogen (secondary N) is 1. The van der Waals surface area contributed by atoms with Gasteiger partial charge in [-0.1, -0.05) is 29.3 Å². The van der Waals surface area contributed by atoms with Crippen molar-refractivity contribution in [1.29, 1.82) is 0 Å². The van der Waals surface area contributed by atoms with Gasteiger partial charge >= 0.3 is 5.97 Å². The zero-order chi connectivity index (χ0) is 28.2. The summed E-state index contributed by atoms with van der Waals surface area (Å²) in [6.45, 7) is 7.69. The number of aromatic nitrogens is 2. The van der Waals surface area contributed by atoms with Crippen LogP contribution in [-0.4, -0.2) is 58.2 Å². The molecule has 0 spiro atoms. The first kappa shape index (κ1) is 27.5. The number of piperidine rings is 1. The lowest BCUT2D eigenvalue weighted by molar-refractivity contribution is -0.158. The van der Waals surface area contributed by atoms with Crippen molar-refractivity contribution >= 4 is 51.8 Å². The standard InChI is InChI=1S/C30H34Cl2FN5O2/c1-17(23-7-5-20(31)10-25(23)32)34-27-24-11-21(33)6-8-26(24)35-29(36-27)38-15-19(16-38)18-4-3-9-37(14-18)22-12-30(2,13-22)28(39)40/h5-8,10-11,17-19,22H,3-4,9,12-16H2,1-2H3,(H,39,40)(H,34,35,36)/t17-,18+,22?,30?/m1/s1. The quantitative estimate of drug-likeness (QED) is 0.321. The molecule has 2 aliphatic heterocycles. The first-order valence-corrected chi connectivity index (χ1v) is 14.8. The minimum atomic E-state index is -0.676. The van der Waals surface area contributed by atoms with Gasteiger partial charge < -0.3 is 20.2 Å². The van der Waals surface area contributed by atoms with Crippen LogP contribution in [0.25, 0.3) is 10.9 Å². The number of fused-ring (bicyclic) bond motifs is 1. The summed E-state index contributed by atoms with van der Waals surface area (Å²) < 4.78 is 14.2. The Labute approximate surface area is 243 Å². The number of hydrogen-bond donors (Lipinski definition) is 2. The molecule has 0 unspecified atom stereocenters. The summed E-state index contributed by atoms with van der Waals surface area (Å²) in [4.78, 5) is 25.9. The van der Waals surface area contributed by atoms with Gasteiger partial charge in [0.1, 0.15) is 11.6 Å². The van der Waals surface area contributed by atoms with Crippen LogP contribution in [0.3, 0.4) is 0 Å². The van der Waals surface area contributed by atoms with Crippen molar-refractivity contribution in [2.24, 2.45) is 17.3 Å². The number of hydrogen-bond acceptors (Lipinski definition) is 6. The number of halogens is 3. The highest BCUT2D eigenvalue weighted by Crippen LogP contribution is 2.45. The second kappa shape index (κ2) is 10.6. The minimum Gasteiger partial charge on any atom is -0.481 e. The summed E-state index contributed by atoms with van der Waals surface area (Å²) >= 11 is 12.5. The Balaban J connectivity index is 1.15. The van der Waals surface area contributed by atoms with E-state index >= 15 is 0 Å². The van der Waals surface area contributed by atoms with E-state index in [1.807, 2.05) is 19.9 Å². The zero-order valence-electron chi connectivity index (χ0n) is 22.7. The predicted octanol–water partition coefficient (Wildman–Crippen LogP) is 6.65. The molecule has 6 rings (SSSR count). The van der Waals surface area contributed by atoms with Crippen LogP contribution in [0.15, 0.2) is 36.4 Å². The minimum absolute atomic E-state index is 0.189. The number of anilines is 2. The summed E-state index contributed by atoms with van der Waals surface area (Å²) in [5.41, 5.74) is 0.988. The molecule has 3 aromatic rings. The summed E-state index contributed by atoms with van der Waals surface area (Å²) in [5, 5.41) is 14.7. The average Bonchev–Trinajstić information content (AvgIpc) is 2.86. The van der Waals surface area contributed by atoms with Crippen LogP contribution in [-0.2, 0) is 4.79 Å². The van der Waals surface area contributed by atoms with Gasteiger partial charge in [-0.3, -0.25) is 4.79 Å². The van der Waals surface area contributed by atoms with E-state index in [9.17, 15) is 14.3 Å². The topological polar surface area (TPSA) is 81.6 Å². The number of aliphatic carboxylic acids is 1. The van der Waals surface area contributed by atoms with Gasteiger partial charge in [0.2, 0.25) is 5.95 Å². The van der Waals surface area contributed by atoms with Gasteiger partial charge in [-0.2, -0.15) is 4.98 Å². The van der Waals surface area contributed by atoms with Crippen molar-refractivity contribution in [1.82, 2.24) is 14.9 Å². The molecule has 3 heterocycles. The lowest BCUT2D eigenvalue weighted by atomic mass is 9.65. The smallest absolute Gasteiger partial charge is 0.309 e. The van der Waals surface area contributed by atoms with Gasteiger partial charge in [0.15, 0.2) is 0 Å². The molecule has 10 heteroatoms. The van der Waals surface area contributed by atoms with Gasteiger partial charge in [0.05, 0.1) is 17.0 Å². The second-order valence-electron chi connectivity index (χ2n) is 12.1. The van der Waals surface area contributed by atoms with Crippen LogP contribution in [0, 0.1) is 23.1 Å². The molecule has 0 radical (unpaired) electrons. The van der Waals surface area contributed by atoms with Crippen LogP contribution in [0.1, 0.15) is 51.1 Å². The number of benzene rings is 2. The largest absolute Gasteiger partial charge is 0.481 e. The fourth-order valence-electron chi connectivity index (χ4n) is 6.62. The van der Waals surface area contributed by atoms with Crippen molar-refractivity contribution in [2.75, 3.05) is 36.4 Å². The molecule has 1 aliphatic carbocycles. The summed E-state index contributed by atoms with van der Waals surface area (Å²) in [6, 6.07) is 10.2. The van der Waals surface area contributed by atoms with E-state index in [4.69, 9.17) is 33.2 Å². The molecule has 0 bridgehead atoms. The lowest BCUT2D eigenvalue weighted by Gasteiger charge is -2.52. The van der Waals surface area contributed by atoms with Crippen LogP contribution in [0.5, 0.6) is 0 Å². The molecule has 3 aliphatic rings. The van der Waals surface area contributed by atoms with E-state index in [1.165, 1.54) is 18.6 Å². The van der Waals surface area contributed by atoms with Crippen molar-refractivity contribution in [3.05, 3.63) is 57.8 Å². The molecular formula is C30H34Cl2FN5O2. The maximum absolute atomic E-state index is 14.2. The van der Waals surface area contributed by atoms with Gasteiger partial charge in [0.25, 0.3) is 0 Å². The summed E-state index contributed by atoms with van der Waals surface area (Å²) in [6.07, 6.45) is 3.83. The van der Waals surface area contributed by atoms with Crippen molar-refractivity contribution in [3.63, 3.8) is 0 Å². The highest BCUT2D eigenvalue weighted by atomic mass is 35.5. The fraction of sp³-hybridized carbons (Fsp3) is 0.500. The number of carboxylic acid groups (broad SMARTS) is 1. The maximum Gasteiger partial charge on any atom is 0.309 e. The Morgan fingerprint density at radius 3 is 2.62 bits per heavy atom. The van der Waals surface area contributed by atoms with Crippen molar-refractivity contribution in [2.45, 2.75) is 51.6 Å². The Hall–Kier alpha value is -2.68. The molecule has 2 saturated heterocycles. The number of carbonyl (C=O) groups is 1. The molecule has 40 heavy (non-hydrogen) atoms. The first-order valence-electron chi connectivity index (χ1n) is 14.0.